The maximum Gasteiger partial charge on any atom is 0.237 e. The number of nitrogens with zero attached hydrogens (tertiary/aromatic N) is 3. The minimum absolute atomic E-state index is 0.0351. The molecule has 37 heavy (non-hydrogen) atoms. The van der Waals surface area contributed by atoms with Crippen LogP contribution >= 0.6 is 11.6 Å². The molecular weight excluding hydrogens is 491 g/mol. The molecule has 0 radical (unpaired) electrons. The Morgan fingerprint density at radius 2 is 2.03 bits per heavy atom. The summed E-state index contributed by atoms with van der Waals surface area (Å²) in [7, 11) is 0. The minimum Gasteiger partial charge on any atom is -0.334 e. The summed E-state index contributed by atoms with van der Waals surface area (Å²) in [4.78, 5) is 36.8. The molecule has 0 bridgehead atoms. The van der Waals surface area contributed by atoms with Crippen LogP contribution < -0.4 is 5.32 Å². The summed E-state index contributed by atoms with van der Waals surface area (Å²) < 4.78 is 13.5. The van der Waals surface area contributed by atoms with Crippen molar-refractivity contribution in [1.29, 1.82) is 0 Å². The van der Waals surface area contributed by atoms with Crippen LogP contribution in [-0.4, -0.2) is 33.2 Å². The normalized spacial score (nSPS) is 18.2. The highest BCUT2D eigenvalue weighted by atomic mass is 35.5. The first-order valence-electron chi connectivity index (χ1n) is 12.2. The van der Waals surface area contributed by atoms with Gasteiger partial charge in [-0.25, -0.2) is 9.37 Å². The lowest BCUT2D eigenvalue weighted by molar-refractivity contribution is -0.139. The minimum atomic E-state index is -0.661. The van der Waals surface area contributed by atoms with E-state index in [1.54, 1.807) is 23.4 Å². The molecule has 190 valence electrons. The summed E-state index contributed by atoms with van der Waals surface area (Å²) in [6.07, 6.45) is 8.42. The number of carbonyl (C=O) groups is 2. The van der Waals surface area contributed by atoms with Crippen LogP contribution in [0.2, 0.25) is 5.02 Å². The van der Waals surface area contributed by atoms with Gasteiger partial charge in [-0.05, 0) is 47.4 Å². The highest BCUT2D eigenvalue weighted by molar-refractivity contribution is 6.31. The number of hydrogen-bond donors (Lipinski definition) is 1. The quantitative estimate of drug-likeness (QED) is 0.494. The van der Waals surface area contributed by atoms with Crippen molar-refractivity contribution in [2.75, 3.05) is 11.9 Å². The maximum absolute atomic E-state index is 13.5. The zero-order valence-electron chi connectivity index (χ0n) is 21.0. The standard InChI is InChI=1S/C29H28ClFN4O2/c1-28(2,3)27(37)35(17-19-8-9-21(31)13-23(19)30)11-5-6-18-12-20-14-29(15-24(20)33-16-18)22-7-4-10-32-25(22)34-26(29)36/h4-10,12-13,16H,11,14-15,17H2,1-3H3,(H,32,34,36)/t29-/m0/s1. The third kappa shape index (κ3) is 4.76. The molecule has 6 nitrogen and oxygen atoms in total. The fourth-order valence-corrected chi connectivity index (χ4v) is 5.32. The molecule has 1 N–H and O–H groups in total. The van der Waals surface area contributed by atoms with Crippen molar-refractivity contribution < 1.29 is 14.0 Å². The number of hydrogen-bond acceptors (Lipinski definition) is 4. The number of carbonyl (C=O) groups excluding carboxylic acids is 2. The van der Waals surface area contributed by atoms with E-state index in [0.717, 1.165) is 22.4 Å². The molecule has 0 saturated heterocycles. The Kier molecular flexibility index (Phi) is 6.36. The Hall–Kier alpha value is -3.58. The van der Waals surface area contributed by atoms with E-state index in [1.807, 2.05) is 45.1 Å². The molecule has 1 atom stereocenters. The van der Waals surface area contributed by atoms with Crippen molar-refractivity contribution >= 4 is 35.3 Å². The number of benzene rings is 1. The van der Waals surface area contributed by atoms with Crippen LogP contribution in [0.25, 0.3) is 6.08 Å². The summed E-state index contributed by atoms with van der Waals surface area (Å²) in [5.41, 5.74) is 3.20. The molecule has 3 heterocycles. The van der Waals surface area contributed by atoms with E-state index in [2.05, 4.69) is 21.4 Å². The third-order valence-electron chi connectivity index (χ3n) is 6.97. The van der Waals surface area contributed by atoms with Gasteiger partial charge in [0.2, 0.25) is 11.8 Å². The van der Waals surface area contributed by atoms with Gasteiger partial charge in [-0.15, -0.1) is 0 Å². The van der Waals surface area contributed by atoms with Gasteiger partial charge in [0.05, 0.1) is 5.41 Å². The van der Waals surface area contributed by atoms with Crippen LogP contribution in [0.5, 0.6) is 0 Å². The third-order valence-corrected chi connectivity index (χ3v) is 7.33. The van der Waals surface area contributed by atoms with Gasteiger partial charge in [0.1, 0.15) is 11.6 Å². The van der Waals surface area contributed by atoms with Gasteiger partial charge >= 0.3 is 0 Å². The number of rotatable bonds is 5. The highest BCUT2D eigenvalue weighted by Gasteiger charge is 2.51. The topological polar surface area (TPSA) is 75.2 Å². The summed E-state index contributed by atoms with van der Waals surface area (Å²) >= 11 is 6.23. The summed E-state index contributed by atoms with van der Waals surface area (Å²) in [6, 6.07) is 10.1. The predicted molar refractivity (Wildman–Crippen MR) is 142 cm³/mol. The van der Waals surface area contributed by atoms with Crippen molar-refractivity contribution in [2.24, 2.45) is 5.41 Å². The Morgan fingerprint density at radius 1 is 1.22 bits per heavy atom. The monoisotopic (exact) mass is 518 g/mol. The zero-order chi connectivity index (χ0) is 26.4. The number of amides is 2. The molecule has 3 aromatic rings. The lowest BCUT2D eigenvalue weighted by Gasteiger charge is -2.29. The van der Waals surface area contributed by atoms with E-state index in [1.165, 1.54) is 12.1 Å². The lowest BCUT2D eigenvalue weighted by Crippen LogP contribution is -2.39. The second kappa shape index (κ2) is 9.38. The summed E-state index contributed by atoms with van der Waals surface area (Å²) in [5, 5.41) is 3.21. The van der Waals surface area contributed by atoms with Crippen LogP contribution in [0, 0.1) is 11.2 Å². The average Bonchev–Trinajstić information content (AvgIpc) is 3.36. The number of pyridine rings is 2. The van der Waals surface area contributed by atoms with Gasteiger partial charge in [0.25, 0.3) is 0 Å². The molecule has 1 spiro atoms. The van der Waals surface area contributed by atoms with Gasteiger partial charge in [-0.1, -0.05) is 56.7 Å². The summed E-state index contributed by atoms with van der Waals surface area (Å²) in [6.45, 7) is 6.22. The second-order valence-electron chi connectivity index (χ2n) is 10.7. The van der Waals surface area contributed by atoms with E-state index >= 15 is 0 Å². The van der Waals surface area contributed by atoms with Crippen molar-refractivity contribution in [2.45, 2.75) is 45.6 Å². The van der Waals surface area contributed by atoms with Crippen LogP contribution in [0.15, 0.2) is 54.9 Å². The Labute approximate surface area is 220 Å². The molecule has 1 aromatic carbocycles. The molecular formula is C29H28ClFN4O2. The molecule has 8 heteroatoms. The molecule has 0 saturated carbocycles. The van der Waals surface area contributed by atoms with Crippen LogP contribution in [0.4, 0.5) is 10.2 Å². The van der Waals surface area contributed by atoms with Crippen LogP contribution in [0.1, 0.15) is 48.7 Å². The number of halogens is 2. The molecule has 2 aliphatic rings. The molecule has 5 rings (SSSR count). The van der Waals surface area contributed by atoms with Crippen molar-refractivity contribution in [3.05, 3.63) is 93.7 Å². The van der Waals surface area contributed by atoms with Gasteiger partial charge in [-0.3, -0.25) is 14.6 Å². The molecule has 2 amide bonds. The first kappa shape index (κ1) is 25.1. The molecule has 0 unspecified atom stereocenters. The number of aromatic nitrogens is 2. The van der Waals surface area contributed by atoms with E-state index in [0.29, 0.717) is 35.8 Å². The van der Waals surface area contributed by atoms with E-state index in [4.69, 9.17) is 11.6 Å². The average molecular weight is 519 g/mol. The lowest BCUT2D eigenvalue weighted by atomic mass is 9.80. The Morgan fingerprint density at radius 3 is 2.78 bits per heavy atom. The maximum atomic E-state index is 13.5. The van der Waals surface area contributed by atoms with E-state index in [-0.39, 0.29) is 18.4 Å². The van der Waals surface area contributed by atoms with Crippen molar-refractivity contribution in [3.63, 3.8) is 0 Å². The fraction of sp³-hybridized carbons (Fsp3) is 0.310. The fourth-order valence-electron chi connectivity index (χ4n) is 5.09. The zero-order valence-corrected chi connectivity index (χ0v) is 21.8. The molecule has 1 aliphatic carbocycles. The SMILES string of the molecule is CC(C)(C)C(=O)N(CC=Cc1cnc2c(c1)C[C@@]1(C2)C(=O)Nc2ncccc21)Cc1ccc(F)cc1Cl. The van der Waals surface area contributed by atoms with Gasteiger partial charge in [0, 0.05) is 53.6 Å². The van der Waals surface area contributed by atoms with Gasteiger partial charge in [-0.2, -0.15) is 0 Å². The largest absolute Gasteiger partial charge is 0.334 e. The molecule has 1 aliphatic heterocycles. The second-order valence-corrected chi connectivity index (χ2v) is 11.1. The predicted octanol–water partition coefficient (Wildman–Crippen LogP) is 5.35. The Balaban J connectivity index is 1.34. The number of anilines is 1. The van der Waals surface area contributed by atoms with E-state index < -0.39 is 16.6 Å². The van der Waals surface area contributed by atoms with Crippen molar-refractivity contribution in [3.8, 4) is 0 Å². The number of nitrogens with one attached hydrogen (secondary N) is 1. The highest BCUT2D eigenvalue weighted by Crippen LogP contribution is 2.46. The first-order valence-corrected chi connectivity index (χ1v) is 12.6. The van der Waals surface area contributed by atoms with Crippen LogP contribution in [-0.2, 0) is 34.4 Å². The smallest absolute Gasteiger partial charge is 0.237 e. The number of fused-ring (bicyclic) bond motifs is 3. The first-order chi connectivity index (χ1) is 17.6. The summed E-state index contributed by atoms with van der Waals surface area (Å²) in [5.74, 6) is 0.145. The van der Waals surface area contributed by atoms with Gasteiger partial charge < -0.3 is 10.2 Å². The Bertz CT molecular complexity index is 1430. The van der Waals surface area contributed by atoms with Crippen LogP contribution in [0.3, 0.4) is 0 Å². The van der Waals surface area contributed by atoms with Gasteiger partial charge in [0.15, 0.2) is 0 Å². The van der Waals surface area contributed by atoms with E-state index in [9.17, 15) is 14.0 Å². The molecule has 0 fully saturated rings. The molecule has 2 aromatic heterocycles. The van der Waals surface area contributed by atoms with Crippen molar-refractivity contribution in [1.82, 2.24) is 14.9 Å².